The highest BCUT2D eigenvalue weighted by Crippen LogP contribution is 2.16. The minimum absolute atomic E-state index is 0.0398. The van der Waals surface area contributed by atoms with E-state index in [-0.39, 0.29) is 17.9 Å². The maximum absolute atomic E-state index is 13.3. The van der Waals surface area contributed by atoms with Gasteiger partial charge in [-0.1, -0.05) is 30.3 Å². The predicted molar refractivity (Wildman–Crippen MR) is 114 cm³/mol. The third-order valence-corrected chi connectivity index (χ3v) is 5.66. The normalized spacial score (nSPS) is 15.4. The van der Waals surface area contributed by atoms with E-state index < -0.39 is 0 Å². The number of nitrogens with one attached hydrogen (secondary N) is 1. The van der Waals surface area contributed by atoms with Gasteiger partial charge >= 0.3 is 5.97 Å². The lowest BCUT2D eigenvalue weighted by atomic mass is 10.1. The van der Waals surface area contributed by atoms with Crippen molar-refractivity contribution in [1.82, 2.24) is 4.90 Å². The summed E-state index contributed by atoms with van der Waals surface area (Å²) in [5, 5.41) is 0. The van der Waals surface area contributed by atoms with E-state index in [9.17, 15) is 9.59 Å². The summed E-state index contributed by atoms with van der Waals surface area (Å²) >= 11 is 0. The molecule has 1 aliphatic carbocycles. The van der Waals surface area contributed by atoms with Crippen LogP contribution in [0.1, 0.15) is 43.8 Å². The average Bonchev–Trinajstić information content (AvgIpc) is 3.50. The fourth-order valence-electron chi connectivity index (χ4n) is 3.77. The molecule has 30 heavy (non-hydrogen) atoms. The zero-order chi connectivity index (χ0) is 21.5. The second kappa shape index (κ2) is 10.4. The standard InChI is InChI=1S/C24H32N2O4/c1-4-29-24(28)19(3)26(21-11-12-21)17-23(27)25(16-22-13-10-18(2)30-22)15-14-20-8-6-5-7-9-20/h5-10,13,19,21H,4,11-12,14-17H2,1-3H3/p+1/t19-/m0/s1. The number of aryl methyl sites for hydroxylation is 1. The minimum atomic E-state index is -0.344. The van der Waals surface area contributed by atoms with Crippen LogP contribution in [0.2, 0.25) is 0 Å². The molecule has 2 atom stereocenters. The van der Waals surface area contributed by atoms with Gasteiger partial charge in [0.1, 0.15) is 11.5 Å². The maximum atomic E-state index is 13.3. The minimum Gasteiger partial charge on any atom is -0.464 e. The topological polar surface area (TPSA) is 64.2 Å². The van der Waals surface area contributed by atoms with Crippen LogP contribution in [0.15, 0.2) is 46.9 Å². The molecule has 1 saturated carbocycles. The van der Waals surface area contributed by atoms with Crippen molar-refractivity contribution in [1.29, 1.82) is 0 Å². The van der Waals surface area contributed by atoms with E-state index in [0.29, 0.717) is 32.3 Å². The first-order valence-electron chi connectivity index (χ1n) is 10.9. The molecule has 3 rings (SSSR count). The van der Waals surface area contributed by atoms with Crippen LogP contribution in [0.4, 0.5) is 0 Å². The molecule has 0 radical (unpaired) electrons. The first-order chi connectivity index (χ1) is 14.5. The third kappa shape index (κ3) is 6.20. The highest BCUT2D eigenvalue weighted by Gasteiger charge is 2.41. The van der Waals surface area contributed by atoms with Gasteiger partial charge in [-0.3, -0.25) is 4.79 Å². The van der Waals surface area contributed by atoms with Gasteiger partial charge < -0.3 is 19.0 Å². The Morgan fingerprint density at radius 1 is 1.20 bits per heavy atom. The van der Waals surface area contributed by atoms with Crippen LogP contribution in [0.5, 0.6) is 0 Å². The van der Waals surface area contributed by atoms with E-state index in [1.165, 1.54) is 5.56 Å². The highest BCUT2D eigenvalue weighted by molar-refractivity contribution is 5.78. The number of quaternary nitrogens is 1. The number of ether oxygens (including phenoxy) is 1. The van der Waals surface area contributed by atoms with Gasteiger partial charge in [-0.05, 0) is 44.9 Å². The fourth-order valence-corrected chi connectivity index (χ4v) is 3.77. The Kier molecular flexibility index (Phi) is 7.69. The van der Waals surface area contributed by atoms with Crippen LogP contribution in [0.3, 0.4) is 0 Å². The van der Waals surface area contributed by atoms with E-state index in [1.807, 2.05) is 56.0 Å². The summed E-state index contributed by atoms with van der Waals surface area (Å²) in [5.41, 5.74) is 1.19. The van der Waals surface area contributed by atoms with Gasteiger partial charge in [0, 0.05) is 19.4 Å². The molecular formula is C24H33N2O4+. The summed E-state index contributed by atoms with van der Waals surface area (Å²) < 4.78 is 10.9. The molecule has 1 fully saturated rings. The molecule has 162 valence electrons. The highest BCUT2D eigenvalue weighted by atomic mass is 16.5. The molecule has 6 nitrogen and oxygen atoms in total. The molecule has 1 aromatic heterocycles. The van der Waals surface area contributed by atoms with E-state index in [0.717, 1.165) is 35.7 Å². The Labute approximate surface area is 178 Å². The Hall–Kier alpha value is -2.60. The lowest BCUT2D eigenvalue weighted by Crippen LogP contribution is -3.18. The molecule has 1 N–H and O–H groups in total. The number of hydrogen-bond donors (Lipinski definition) is 1. The molecule has 1 unspecified atom stereocenters. The lowest BCUT2D eigenvalue weighted by Gasteiger charge is -2.28. The molecule has 1 aliphatic rings. The summed E-state index contributed by atoms with van der Waals surface area (Å²) in [6, 6.07) is 14.0. The molecule has 1 amide bonds. The Morgan fingerprint density at radius 3 is 2.53 bits per heavy atom. The zero-order valence-electron chi connectivity index (χ0n) is 18.2. The van der Waals surface area contributed by atoms with Crippen molar-refractivity contribution in [2.24, 2.45) is 0 Å². The first-order valence-corrected chi connectivity index (χ1v) is 10.9. The van der Waals surface area contributed by atoms with Gasteiger partial charge in [0.2, 0.25) is 0 Å². The second-order valence-electron chi connectivity index (χ2n) is 8.06. The SMILES string of the molecule is CCOC(=O)[C@H](C)[NH+](CC(=O)N(CCc1ccccc1)Cc1ccc(C)o1)C1CC1. The first kappa shape index (κ1) is 22.1. The van der Waals surface area contributed by atoms with Crippen molar-refractivity contribution in [3.8, 4) is 0 Å². The lowest BCUT2D eigenvalue weighted by molar-refractivity contribution is -0.918. The van der Waals surface area contributed by atoms with Crippen molar-refractivity contribution in [3.05, 3.63) is 59.5 Å². The number of carbonyl (C=O) groups excluding carboxylic acids is 2. The van der Waals surface area contributed by atoms with Gasteiger partial charge in [0.05, 0.1) is 19.2 Å². The molecule has 6 heteroatoms. The van der Waals surface area contributed by atoms with Gasteiger partial charge in [-0.2, -0.15) is 0 Å². The zero-order valence-corrected chi connectivity index (χ0v) is 18.2. The maximum Gasteiger partial charge on any atom is 0.364 e. The van der Waals surface area contributed by atoms with E-state index in [1.54, 1.807) is 0 Å². The number of amides is 1. The van der Waals surface area contributed by atoms with Gasteiger partial charge in [0.25, 0.3) is 5.91 Å². The van der Waals surface area contributed by atoms with Crippen LogP contribution >= 0.6 is 0 Å². The molecule has 1 aromatic carbocycles. The number of hydrogen-bond acceptors (Lipinski definition) is 4. The number of furan rings is 1. The summed E-state index contributed by atoms with van der Waals surface area (Å²) in [7, 11) is 0. The Bertz CT molecular complexity index is 829. The van der Waals surface area contributed by atoms with E-state index >= 15 is 0 Å². The van der Waals surface area contributed by atoms with Crippen LogP contribution in [-0.2, 0) is 27.3 Å². The summed E-state index contributed by atoms with van der Waals surface area (Å²) in [4.78, 5) is 28.5. The van der Waals surface area contributed by atoms with Gasteiger partial charge in [-0.25, -0.2) is 4.79 Å². The summed E-state index contributed by atoms with van der Waals surface area (Å²) in [6.07, 6.45) is 2.87. The Morgan fingerprint density at radius 2 is 1.93 bits per heavy atom. The summed E-state index contributed by atoms with van der Waals surface area (Å²) in [5.74, 6) is 1.42. The number of benzene rings is 1. The molecule has 1 heterocycles. The van der Waals surface area contributed by atoms with Crippen molar-refractivity contribution in [3.63, 3.8) is 0 Å². The summed E-state index contributed by atoms with van der Waals surface area (Å²) in [6.45, 7) is 7.26. The average molecular weight is 414 g/mol. The predicted octanol–water partition coefficient (Wildman–Crippen LogP) is 2.16. The van der Waals surface area contributed by atoms with E-state index in [4.69, 9.17) is 9.15 Å². The van der Waals surface area contributed by atoms with Crippen molar-refractivity contribution >= 4 is 11.9 Å². The smallest absolute Gasteiger partial charge is 0.364 e. The molecule has 0 spiro atoms. The number of carbonyl (C=O) groups is 2. The van der Waals surface area contributed by atoms with Crippen molar-refractivity contribution < 1.29 is 23.6 Å². The van der Waals surface area contributed by atoms with Crippen molar-refractivity contribution in [2.45, 2.75) is 58.7 Å². The van der Waals surface area contributed by atoms with Crippen LogP contribution in [-0.4, -0.2) is 48.6 Å². The quantitative estimate of drug-likeness (QED) is 0.574. The van der Waals surface area contributed by atoms with Gasteiger partial charge in [0.15, 0.2) is 12.6 Å². The monoisotopic (exact) mass is 413 g/mol. The number of esters is 1. The molecule has 0 saturated heterocycles. The fraction of sp³-hybridized carbons (Fsp3) is 0.500. The molecule has 2 aromatic rings. The molecule has 0 aliphatic heterocycles. The van der Waals surface area contributed by atoms with Crippen LogP contribution in [0.25, 0.3) is 0 Å². The third-order valence-electron chi connectivity index (χ3n) is 5.66. The van der Waals surface area contributed by atoms with Gasteiger partial charge in [-0.15, -0.1) is 0 Å². The van der Waals surface area contributed by atoms with E-state index in [2.05, 4.69) is 12.1 Å². The number of rotatable bonds is 11. The molecular weight excluding hydrogens is 380 g/mol. The molecule has 0 bridgehead atoms. The number of nitrogens with zero attached hydrogens (tertiary/aromatic N) is 1. The largest absolute Gasteiger partial charge is 0.464 e. The van der Waals surface area contributed by atoms with Crippen molar-refractivity contribution in [2.75, 3.05) is 19.7 Å². The van der Waals surface area contributed by atoms with Crippen LogP contribution in [0, 0.1) is 6.92 Å². The Balaban J connectivity index is 1.69. The van der Waals surface area contributed by atoms with Crippen LogP contribution < -0.4 is 4.90 Å². The second-order valence-corrected chi connectivity index (χ2v) is 8.06.